The molecule has 2 aromatic rings. The maximum Gasteiger partial charge on any atom is 0.253 e. The molecule has 0 saturated carbocycles. The summed E-state index contributed by atoms with van der Waals surface area (Å²) in [5, 5.41) is 3.97. The molecule has 7 heteroatoms. The topological polar surface area (TPSA) is 68.4 Å². The van der Waals surface area contributed by atoms with E-state index >= 15 is 0 Å². The van der Waals surface area contributed by atoms with Gasteiger partial charge in [0.1, 0.15) is 0 Å². The number of nitrogens with zero attached hydrogens (tertiary/aromatic N) is 2. The zero-order valence-electron chi connectivity index (χ0n) is 21.8. The Bertz CT molecular complexity index is 1080. The van der Waals surface area contributed by atoms with Crippen molar-refractivity contribution in [2.24, 2.45) is 0 Å². The van der Waals surface area contributed by atoms with Crippen molar-refractivity contribution < 1.29 is 4.79 Å². The molecule has 2 N–H and O–H groups in total. The van der Waals surface area contributed by atoms with E-state index < -0.39 is 0 Å². The number of aromatic amines is 1. The Morgan fingerprint density at radius 1 is 1.15 bits per heavy atom. The Kier molecular flexibility index (Phi) is 8.59. The molecular weight excluding hydrogens is 443 g/mol. The van der Waals surface area contributed by atoms with Crippen LogP contribution in [-0.4, -0.2) is 47.0 Å². The SMILES string of the molecule is CCN(c1cc(P)cc(C(=O)NCc2c(C)cc(C)[nH]c2=O)c1C)C1CC(C)N(CC)[C@H](C)C1. The normalized spacial score (nSPS) is 20.9. The molecule has 4 atom stereocenters. The predicted octanol–water partition coefficient (Wildman–Crippen LogP) is 3.82. The van der Waals surface area contributed by atoms with Crippen LogP contribution in [0.25, 0.3) is 0 Å². The maximum atomic E-state index is 13.2. The summed E-state index contributed by atoms with van der Waals surface area (Å²) in [6, 6.07) is 7.53. The Morgan fingerprint density at radius 2 is 1.79 bits per heavy atom. The van der Waals surface area contributed by atoms with Crippen LogP contribution in [0, 0.1) is 20.8 Å². The van der Waals surface area contributed by atoms with Gasteiger partial charge in [-0.1, -0.05) is 6.92 Å². The van der Waals surface area contributed by atoms with Crippen LogP contribution in [0.4, 0.5) is 5.69 Å². The summed E-state index contributed by atoms with van der Waals surface area (Å²) in [7, 11) is 2.76. The molecule has 3 rings (SSSR count). The zero-order valence-corrected chi connectivity index (χ0v) is 22.9. The van der Waals surface area contributed by atoms with E-state index in [1.165, 1.54) is 0 Å². The quantitative estimate of drug-likeness (QED) is 0.587. The molecule has 1 aromatic heterocycles. The highest BCUT2D eigenvalue weighted by Crippen LogP contribution is 2.32. The summed E-state index contributed by atoms with van der Waals surface area (Å²) in [6.07, 6.45) is 2.23. The molecule has 1 aliphatic heterocycles. The van der Waals surface area contributed by atoms with Gasteiger partial charge in [-0.05, 0) is 95.6 Å². The first-order chi connectivity index (χ1) is 16.1. The average Bonchev–Trinajstić information content (AvgIpc) is 2.75. The minimum Gasteiger partial charge on any atom is -0.368 e. The largest absolute Gasteiger partial charge is 0.368 e. The van der Waals surface area contributed by atoms with Crippen LogP contribution >= 0.6 is 9.24 Å². The lowest BCUT2D eigenvalue weighted by Gasteiger charge is -2.46. The molecule has 1 fully saturated rings. The van der Waals surface area contributed by atoms with Gasteiger partial charge in [-0.2, -0.15) is 0 Å². The van der Waals surface area contributed by atoms with E-state index in [1.54, 1.807) is 0 Å². The van der Waals surface area contributed by atoms with E-state index in [1.807, 2.05) is 32.9 Å². The van der Waals surface area contributed by atoms with Crippen molar-refractivity contribution >= 4 is 26.1 Å². The average molecular weight is 485 g/mol. The Labute approximate surface area is 206 Å². The third-order valence-electron chi connectivity index (χ3n) is 7.38. The van der Waals surface area contributed by atoms with E-state index in [0.29, 0.717) is 29.3 Å². The van der Waals surface area contributed by atoms with Gasteiger partial charge in [0.15, 0.2) is 0 Å². The second-order valence-electron chi connectivity index (χ2n) is 9.78. The molecular formula is C27H41N4O2P. The van der Waals surface area contributed by atoms with E-state index in [-0.39, 0.29) is 18.0 Å². The van der Waals surface area contributed by atoms with Crippen molar-refractivity contribution in [2.45, 2.75) is 86.0 Å². The molecule has 0 spiro atoms. The van der Waals surface area contributed by atoms with Crippen LogP contribution in [0.15, 0.2) is 23.0 Å². The monoisotopic (exact) mass is 484 g/mol. The second kappa shape index (κ2) is 11.0. The number of likely N-dealkylation sites (tertiary alicyclic amines) is 1. The van der Waals surface area contributed by atoms with E-state index in [9.17, 15) is 9.59 Å². The fourth-order valence-corrected chi connectivity index (χ4v) is 6.04. The van der Waals surface area contributed by atoms with Crippen molar-refractivity contribution in [1.29, 1.82) is 0 Å². The Balaban J connectivity index is 1.86. The van der Waals surface area contributed by atoms with Crippen molar-refractivity contribution in [3.05, 3.63) is 56.5 Å². The molecule has 0 radical (unpaired) electrons. The Morgan fingerprint density at radius 3 is 2.35 bits per heavy atom. The van der Waals surface area contributed by atoms with E-state index in [2.05, 4.69) is 63.1 Å². The van der Waals surface area contributed by atoms with Gasteiger partial charge >= 0.3 is 0 Å². The van der Waals surface area contributed by atoms with Gasteiger partial charge in [-0.15, -0.1) is 9.24 Å². The number of hydrogen-bond acceptors (Lipinski definition) is 4. The van der Waals surface area contributed by atoms with Gasteiger partial charge in [0.2, 0.25) is 0 Å². The molecule has 1 saturated heterocycles. The van der Waals surface area contributed by atoms with E-state index in [4.69, 9.17) is 0 Å². The number of rotatable bonds is 7. The van der Waals surface area contributed by atoms with Crippen molar-refractivity contribution in [3.8, 4) is 0 Å². The number of aromatic nitrogens is 1. The van der Waals surface area contributed by atoms with Crippen LogP contribution in [0.3, 0.4) is 0 Å². The minimum absolute atomic E-state index is 0.145. The lowest BCUT2D eigenvalue weighted by molar-refractivity contribution is 0.0947. The number of carbonyl (C=O) groups excluding carboxylic acids is 1. The van der Waals surface area contributed by atoms with Gasteiger partial charge in [0.05, 0.1) is 0 Å². The number of aryl methyl sites for hydroxylation is 2. The smallest absolute Gasteiger partial charge is 0.253 e. The second-order valence-corrected chi connectivity index (χ2v) is 10.4. The Hall–Kier alpha value is -2.17. The van der Waals surface area contributed by atoms with Gasteiger partial charge in [0, 0.05) is 53.7 Å². The van der Waals surface area contributed by atoms with Gasteiger partial charge in [-0.25, -0.2) is 0 Å². The fourth-order valence-electron chi connectivity index (χ4n) is 5.71. The fraction of sp³-hybridized carbons (Fsp3) is 0.556. The molecule has 1 aromatic carbocycles. The predicted molar refractivity (Wildman–Crippen MR) is 146 cm³/mol. The van der Waals surface area contributed by atoms with Gasteiger partial charge in [-0.3, -0.25) is 14.5 Å². The number of carbonyl (C=O) groups is 1. The number of nitrogens with one attached hydrogen (secondary N) is 2. The van der Waals surface area contributed by atoms with Gasteiger partial charge < -0.3 is 15.2 Å². The van der Waals surface area contributed by atoms with Crippen LogP contribution in [-0.2, 0) is 6.54 Å². The summed E-state index contributed by atoms with van der Waals surface area (Å²) < 4.78 is 0. The lowest BCUT2D eigenvalue weighted by atomic mass is 9.90. The maximum absolute atomic E-state index is 13.2. The lowest BCUT2D eigenvalue weighted by Crippen LogP contribution is -2.53. The molecule has 2 heterocycles. The molecule has 6 nitrogen and oxygen atoms in total. The molecule has 3 unspecified atom stereocenters. The molecule has 1 aliphatic rings. The van der Waals surface area contributed by atoms with Gasteiger partial charge in [0.25, 0.3) is 11.5 Å². The number of piperidine rings is 1. The zero-order chi connectivity index (χ0) is 25.2. The first-order valence-electron chi connectivity index (χ1n) is 12.5. The molecule has 0 bridgehead atoms. The summed E-state index contributed by atoms with van der Waals surface area (Å²) in [4.78, 5) is 33.5. The third kappa shape index (κ3) is 5.55. The number of hydrogen-bond donors (Lipinski definition) is 2. The third-order valence-corrected chi connectivity index (χ3v) is 7.71. The van der Waals surface area contributed by atoms with E-state index in [0.717, 1.165) is 53.7 Å². The number of anilines is 1. The van der Waals surface area contributed by atoms with Crippen LogP contribution in [0.1, 0.15) is 73.3 Å². The van der Waals surface area contributed by atoms with Crippen LogP contribution in [0.2, 0.25) is 0 Å². The van der Waals surface area contributed by atoms with Crippen LogP contribution in [0.5, 0.6) is 0 Å². The molecule has 186 valence electrons. The number of amides is 1. The molecule has 0 aliphatic carbocycles. The highest BCUT2D eigenvalue weighted by Gasteiger charge is 2.33. The van der Waals surface area contributed by atoms with Crippen molar-refractivity contribution in [3.63, 3.8) is 0 Å². The number of H-pyrrole nitrogens is 1. The standard InChI is InChI=1S/C27H41N4O2P/c1-8-30-18(5)11-21(12-19(30)6)31(9-2)25-14-22(34)13-23(20(25)7)26(32)28-15-24-16(3)10-17(4)29-27(24)33/h10,13-14,18-19,21H,8-9,11-12,15,34H2,1-7H3,(H,28,32)(H,29,33)/t18-,19?,21?/m1/s1. The highest BCUT2D eigenvalue weighted by atomic mass is 31.0. The summed E-state index contributed by atoms with van der Waals surface area (Å²) in [5.74, 6) is -0.152. The number of pyridine rings is 1. The summed E-state index contributed by atoms with van der Waals surface area (Å²) in [6.45, 7) is 17.1. The molecule has 34 heavy (non-hydrogen) atoms. The van der Waals surface area contributed by atoms with Crippen LogP contribution < -0.4 is 21.1 Å². The summed E-state index contributed by atoms with van der Waals surface area (Å²) in [5.41, 5.74) is 4.93. The first kappa shape index (κ1) is 26.4. The summed E-state index contributed by atoms with van der Waals surface area (Å²) >= 11 is 0. The minimum atomic E-state index is -0.152. The first-order valence-corrected chi connectivity index (χ1v) is 13.0. The van der Waals surface area contributed by atoms with Crippen molar-refractivity contribution in [2.75, 3.05) is 18.0 Å². The highest BCUT2D eigenvalue weighted by molar-refractivity contribution is 7.27. The molecule has 1 amide bonds. The number of benzene rings is 1. The van der Waals surface area contributed by atoms with Crippen molar-refractivity contribution in [1.82, 2.24) is 15.2 Å².